The third kappa shape index (κ3) is 3.99. The molecule has 2 heterocycles. The monoisotopic (exact) mass is 539 g/mol. The Morgan fingerprint density at radius 1 is 1.03 bits per heavy atom. The fourth-order valence-electron chi connectivity index (χ4n) is 8.74. The fourth-order valence-corrected chi connectivity index (χ4v) is 8.74. The average molecular weight is 540 g/mol. The quantitative estimate of drug-likeness (QED) is 0.390. The first kappa shape index (κ1) is 26.4. The number of halogens is 1. The number of hydrogen-bond acceptors (Lipinski definition) is 5. The van der Waals surface area contributed by atoms with E-state index in [-0.39, 0.29) is 30.2 Å². The van der Waals surface area contributed by atoms with Crippen LogP contribution in [0.5, 0.6) is 11.5 Å². The zero-order chi connectivity index (χ0) is 25.2. The molecule has 2 bridgehead atoms. The molecule has 4 unspecified atom stereocenters. The Hall–Kier alpha value is -1.79. The molecular formula is C32H42ClNO4. The molecule has 6 heteroatoms. The van der Waals surface area contributed by atoms with E-state index in [2.05, 4.69) is 41.3 Å². The van der Waals surface area contributed by atoms with Gasteiger partial charge >= 0.3 is 0 Å². The second-order valence-electron chi connectivity index (χ2n) is 12.8. The molecule has 5 aliphatic rings. The van der Waals surface area contributed by atoms with Crippen molar-refractivity contribution in [2.45, 2.75) is 87.9 Å². The van der Waals surface area contributed by atoms with E-state index in [0.717, 1.165) is 63.8 Å². The van der Waals surface area contributed by atoms with Gasteiger partial charge < -0.3 is 20.1 Å². The fraction of sp³-hybridized carbons (Fsp3) is 0.625. The second kappa shape index (κ2) is 9.99. The minimum Gasteiger partial charge on any atom is -0.504 e. The summed E-state index contributed by atoms with van der Waals surface area (Å²) in [7, 11) is 0. The number of aromatic hydroxyl groups is 1. The molecule has 3 N–H and O–H groups in total. The molecule has 1 spiro atoms. The summed E-state index contributed by atoms with van der Waals surface area (Å²) < 4.78 is 6.56. The summed E-state index contributed by atoms with van der Waals surface area (Å²) in [5, 5.41) is 33.6. The van der Waals surface area contributed by atoms with Crippen molar-refractivity contribution < 1.29 is 20.1 Å². The summed E-state index contributed by atoms with van der Waals surface area (Å²) >= 11 is 0. The van der Waals surface area contributed by atoms with E-state index in [1.807, 2.05) is 0 Å². The Morgan fingerprint density at radius 2 is 1.84 bits per heavy atom. The standard InChI is InChI=1S/C32H41NO4.ClH/c34-20-31(14-6-2-5-9-21-7-3-1-4-8-21)18-24-25-17-23-12-13-26(35)28-27(23)32(24,30(37-28)29(31)36)15-16-33(25)19-22-10-11-22;/h1,3-4,7-8,12-13,22,24-25,29-30,34-36H,2,5-6,9-11,14-20H2;1H/t24?,25?,29-,30?,31+,32?;/m0./s1. The molecule has 2 aliphatic heterocycles. The first-order valence-corrected chi connectivity index (χ1v) is 14.6. The SMILES string of the molecule is Cl.OC[C@@]1(CCCCCc2ccccc2)CC2C3Cc4ccc(O)c5c4C2(CCN3CC2CC2)C(O5)[C@@H]1O. The van der Waals surface area contributed by atoms with Gasteiger partial charge in [0.25, 0.3) is 0 Å². The van der Waals surface area contributed by atoms with Crippen molar-refractivity contribution in [3.05, 3.63) is 59.2 Å². The molecule has 5 nitrogen and oxygen atoms in total. The van der Waals surface area contributed by atoms with Gasteiger partial charge in [0, 0.05) is 29.0 Å². The molecule has 1 saturated heterocycles. The first-order chi connectivity index (χ1) is 18.1. The van der Waals surface area contributed by atoms with E-state index in [9.17, 15) is 15.3 Å². The summed E-state index contributed by atoms with van der Waals surface area (Å²) in [5.74, 6) is 1.98. The summed E-state index contributed by atoms with van der Waals surface area (Å²) in [6.07, 6.45) is 9.44. The first-order valence-electron chi connectivity index (χ1n) is 14.6. The molecule has 0 amide bonds. The van der Waals surface area contributed by atoms with E-state index < -0.39 is 17.6 Å². The molecule has 0 aromatic heterocycles. The van der Waals surface area contributed by atoms with Gasteiger partial charge in [-0.25, -0.2) is 0 Å². The van der Waals surface area contributed by atoms with Crippen LogP contribution in [0.2, 0.25) is 0 Å². The highest BCUT2D eigenvalue weighted by atomic mass is 35.5. The highest BCUT2D eigenvalue weighted by Crippen LogP contribution is 2.67. The number of likely N-dealkylation sites (tertiary alicyclic amines) is 1. The van der Waals surface area contributed by atoms with Gasteiger partial charge in [0.2, 0.25) is 0 Å². The minimum atomic E-state index is -0.740. The van der Waals surface area contributed by atoms with Crippen molar-refractivity contribution in [1.82, 2.24) is 4.90 Å². The molecule has 2 aromatic rings. The Morgan fingerprint density at radius 3 is 2.61 bits per heavy atom. The third-order valence-electron chi connectivity index (χ3n) is 10.8. The number of benzene rings is 2. The summed E-state index contributed by atoms with van der Waals surface area (Å²) in [6.45, 7) is 2.20. The van der Waals surface area contributed by atoms with Crippen LogP contribution in [-0.4, -0.2) is 58.2 Å². The van der Waals surface area contributed by atoms with Crippen molar-refractivity contribution in [1.29, 1.82) is 0 Å². The number of piperidine rings is 1. The number of aliphatic hydroxyl groups excluding tert-OH is 2. The van der Waals surface area contributed by atoms with E-state index in [1.165, 1.54) is 36.1 Å². The number of phenolic OH excluding ortho intramolecular Hbond substituents is 1. The number of aliphatic hydroxyl groups is 2. The number of ether oxygens (including phenoxy) is 1. The Kier molecular flexibility index (Phi) is 6.95. The lowest BCUT2D eigenvalue weighted by Gasteiger charge is -2.63. The van der Waals surface area contributed by atoms with Crippen molar-refractivity contribution in [2.24, 2.45) is 17.3 Å². The minimum absolute atomic E-state index is 0. The maximum absolute atomic E-state index is 12.0. The smallest absolute Gasteiger partial charge is 0.165 e. The van der Waals surface area contributed by atoms with E-state index >= 15 is 0 Å². The van der Waals surface area contributed by atoms with Crippen molar-refractivity contribution in [3.8, 4) is 11.5 Å². The second-order valence-corrected chi connectivity index (χ2v) is 12.8. The summed E-state index contributed by atoms with van der Waals surface area (Å²) in [4.78, 5) is 2.73. The van der Waals surface area contributed by atoms with Gasteiger partial charge in [-0.1, -0.05) is 49.2 Å². The van der Waals surface area contributed by atoms with Crippen LogP contribution in [0, 0.1) is 17.3 Å². The van der Waals surface area contributed by atoms with Gasteiger partial charge in [-0.3, -0.25) is 4.90 Å². The predicted molar refractivity (Wildman–Crippen MR) is 150 cm³/mol. The zero-order valence-corrected chi connectivity index (χ0v) is 23.0. The molecule has 7 rings (SSSR count). The lowest BCUT2D eigenvalue weighted by molar-refractivity contribution is -0.181. The number of hydrogen-bond donors (Lipinski definition) is 3. The third-order valence-corrected chi connectivity index (χ3v) is 10.8. The van der Waals surface area contributed by atoms with Gasteiger partial charge in [-0.2, -0.15) is 0 Å². The van der Waals surface area contributed by atoms with Crippen LogP contribution < -0.4 is 4.74 Å². The molecule has 6 atom stereocenters. The molecule has 3 aliphatic carbocycles. The number of phenols is 1. The van der Waals surface area contributed by atoms with Crippen LogP contribution in [-0.2, 0) is 18.3 Å². The van der Waals surface area contributed by atoms with Crippen LogP contribution in [0.3, 0.4) is 0 Å². The molecule has 3 fully saturated rings. The maximum atomic E-state index is 12.0. The normalized spacial score (nSPS) is 34.8. The van der Waals surface area contributed by atoms with E-state index in [4.69, 9.17) is 4.74 Å². The summed E-state index contributed by atoms with van der Waals surface area (Å²) in [5.41, 5.74) is 3.04. The molecular weight excluding hydrogens is 498 g/mol. The lowest BCUT2D eigenvalue weighted by Crippen LogP contribution is -2.71. The molecule has 206 valence electrons. The van der Waals surface area contributed by atoms with Crippen LogP contribution in [0.4, 0.5) is 0 Å². The largest absolute Gasteiger partial charge is 0.504 e. The number of nitrogens with zero attached hydrogens (tertiary/aromatic N) is 1. The summed E-state index contributed by atoms with van der Waals surface area (Å²) in [6, 6.07) is 14.9. The van der Waals surface area contributed by atoms with Crippen LogP contribution >= 0.6 is 12.4 Å². The zero-order valence-electron chi connectivity index (χ0n) is 22.2. The van der Waals surface area contributed by atoms with Gasteiger partial charge in [0.1, 0.15) is 6.10 Å². The maximum Gasteiger partial charge on any atom is 0.165 e. The number of rotatable bonds is 9. The van der Waals surface area contributed by atoms with E-state index in [0.29, 0.717) is 17.7 Å². The highest BCUT2D eigenvalue weighted by Gasteiger charge is 2.70. The Balaban J connectivity index is 0.00000264. The van der Waals surface area contributed by atoms with Crippen molar-refractivity contribution in [2.75, 3.05) is 19.7 Å². The average Bonchev–Trinajstić information content (AvgIpc) is 3.66. The van der Waals surface area contributed by atoms with Gasteiger partial charge in [-0.15, -0.1) is 12.4 Å². The van der Waals surface area contributed by atoms with E-state index in [1.54, 1.807) is 6.07 Å². The molecule has 2 saturated carbocycles. The van der Waals surface area contributed by atoms with Crippen LogP contribution in [0.1, 0.15) is 68.1 Å². The molecule has 2 aromatic carbocycles. The van der Waals surface area contributed by atoms with Crippen LogP contribution in [0.25, 0.3) is 0 Å². The van der Waals surface area contributed by atoms with Gasteiger partial charge in [-0.05, 0) is 86.9 Å². The molecule has 38 heavy (non-hydrogen) atoms. The Bertz CT molecular complexity index is 1160. The topological polar surface area (TPSA) is 73.2 Å². The number of aryl methyl sites for hydroxylation is 1. The highest BCUT2D eigenvalue weighted by molar-refractivity contribution is 5.85. The van der Waals surface area contributed by atoms with Crippen LogP contribution in [0.15, 0.2) is 42.5 Å². The van der Waals surface area contributed by atoms with Gasteiger partial charge in [0.05, 0.1) is 12.7 Å². The Labute approximate surface area is 232 Å². The lowest BCUT2D eigenvalue weighted by atomic mass is 9.46. The van der Waals surface area contributed by atoms with Gasteiger partial charge in [0.15, 0.2) is 11.5 Å². The van der Waals surface area contributed by atoms with Crippen molar-refractivity contribution in [3.63, 3.8) is 0 Å². The predicted octanol–water partition coefficient (Wildman–Crippen LogP) is 5.02. The van der Waals surface area contributed by atoms with Crippen molar-refractivity contribution >= 4 is 12.4 Å². The molecule has 0 radical (unpaired) electrons. The number of unbranched alkanes of at least 4 members (excludes halogenated alkanes) is 2.